The molecule has 0 aliphatic rings. The summed E-state index contributed by atoms with van der Waals surface area (Å²) in [4.78, 5) is 18.1. The molecule has 2 aromatic carbocycles. The van der Waals surface area contributed by atoms with E-state index in [1.807, 2.05) is 64.1 Å². The number of hydrogen-bond acceptors (Lipinski definition) is 2. The van der Waals surface area contributed by atoms with Crippen LogP contribution < -0.4 is 3.61 Å². The van der Waals surface area contributed by atoms with E-state index in [-0.39, 0.29) is 5.78 Å². The molecule has 3 heteroatoms. The Balaban J connectivity index is 2.51. The van der Waals surface area contributed by atoms with Gasteiger partial charge in [0, 0.05) is 0 Å². The molecule has 2 aromatic rings. The van der Waals surface area contributed by atoms with Gasteiger partial charge >= 0.3 is 161 Å². The summed E-state index contributed by atoms with van der Waals surface area (Å²) in [7, 11) is 0. The van der Waals surface area contributed by atoms with E-state index >= 15 is 0 Å². The Hall–Kier alpha value is -1.87. The average Bonchev–Trinajstić information content (AvgIpc) is 2.57. The van der Waals surface area contributed by atoms with Gasteiger partial charge < -0.3 is 0 Å². The minimum absolute atomic E-state index is 0.0688. The molecule has 0 spiro atoms. The van der Waals surface area contributed by atoms with Gasteiger partial charge in [0.25, 0.3) is 0 Å². The van der Waals surface area contributed by atoms with Crippen LogP contribution >= 0.6 is 0 Å². The van der Waals surface area contributed by atoms with Gasteiger partial charge in [0.05, 0.1) is 0 Å². The van der Waals surface area contributed by atoms with E-state index < -0.39 is 26.3 Å². The summed E-state index contributed by atoms with van der Waals surface area (Å²) in [6.07, 6.45) is 5.89. The van der Waals surface area contributed by atoms with Crippen LogP contribution in [0.25, 0.3) is 0 Å². The first kappa shape index (κ1) is 19.5. The quantitative estimate of drug-likeness (QED) is 0.376. The average molecular weight is 445 g/mol. The fraction of sp³-hybridized carbons (Fsp3) is 0.273. The fourth-order valence-corrected chi connectivity index (χ4v) is 5.35. The molecule has 0 radical (unpaired) electrons. The molecule has 0 N–H and O–H groups in total. The maximum absolute atomic E-state index is 13.2. The maximum atomic E-state index is 13.2. The second-order valence-electron chi connectivity index (χ2n) is 6.67. The van der Waals surface area contributed by atoms with E-state index in [0.29, 0.717) is 10.2 Å². The zero-order valence-corrected chi connectivity index (χ0v) is 17.5. The summed E-state index contributed by atoms with van der Waals surface area (Å²) in [6, 6.07) is 16.2. The van der Waals surface area contributed by atoms with Gasteiger partial charge in [-0.1, -0.05) is 0 Å². The van der Waals surface area contributed by atoms with Crippen molar-refractivity contribution < 1.29 is 4.79 Å². The first-order valence-corrected chi connectivity index (χ1v) is 10.5. The van der Waals surface area contributed by atoms with Crippen molar-refractivity contribution in [3.05, 3.63) is 59.7 Å². The Kier molecular flexibility index (Phi) is 6.60. The standard InChI is InChI=1S/C22H23NOTe/c1-6-15-22(4,5)20(24)21(25-18-13-8-7-9-14-18)23-19-16(2)11-10-12-17(19)3/h1,7-14H,15H2,2-5H3. The zero-order chi connectivity index (χ0) is 18.4. The molecule has 128 valence electrons. The Morgan fingerprint density at radius 2 is 1.68 bits per heavy atom. The van der Waals surface area contributed by atoms with Crippen molar-refractivity contribution in [2.75, 3.05) is 0 Å². The van der Waals surface area contributed by atoms with Gasteiger partial charge in [0.1, 0.15) is 0 Å². The van der Waals surface area contributed by atoms with Gasteiger partial charge in [-0.05, 0) is 0 Å². The third kappa shape index (κ3) is 5.05. The SMILES string of the molecule is C#CCC(C)(C)C(=O)C(=Nc1c(C)cccc1C)[Te]c1ccccc1. The van der Waals surface area contributed by atoms with E-state index in [1.165, 1.54) is 3.61 Å². The number of para-hydroxylation sites is 1. The van der Waals surface area contributed by atoms with E-state index in [0.717, 1.165) is 16.8 Å². The topological polar surface area (TPSA) is 29.4 Å². The molecule has 0 bridgehead atoms. The van der Waals surface area contributed by atoms with E-state index in [4.69, 9.17) is 11.4 Å². The Bertz CT molecular complexity index is 809. The molecular weight excluding hydrogens is 422 g/mol. The monoisotopic (exact) mass is 447 g/mol. The molecule has 0 unspecified atom stereocenters. The predicted molar refractivity (Wildman–Crippen MR) is 107 cm³/mol. The van der Waals surface area contributed by atoms with E-state index in [1.54, 1.807) is 0 Å². The summed E-state index contributed by atoms with van der Waals surface area (Å²) in [5, 5.41) is 0. The third-order valence-corrected chi connectivity index (χ3v) is 6.75. The van der Waals surface area contributed by atoms with Crippen LogP contribution in [0.1, 0.15) is 31.4 Å². The van der Waals surface area contributed by atoms with Gasteiger partial charge in [0.2, 0.25) is 0 Å². The number of ketones is 1. The molecular formula is C22H23NOTe. The van der Waals surface area contributed by atoms with Crippen molar-refractivity contribution >= 4 is 39.8 Å². The number of benzene rings is 2. The summed E-state index contributed by atoms with van der Waals surface area (Å²) in [5.74, 6) is 2.70. The number of terminal acetylenes is 1. The minimum atomic E-state index is -0.890. The number of hydrogen-bond donors (Lipinski definition) is 0. The Morgan fingerprint density at radius 1 is 1.08 bits per heavy atom. The summed E-state index contributed by atoms with van der Waals surface area (Å²) in [5.41, 5.74) is 2.48. The second-order valence-corrected chi connectivity index (χ2v) is 9.70. The van der Waals surface area contributed by atoms with Crippen LogP contribution in [0.2, 0.25) is 0 Å². The summed E-state index contributed by atoms with van der Waals surface area (Å²) < 4.78 is 1.89. The number of carbonyl (C=O) groups excluding carboxylic acids is 1. The van der Waals surface area contributed by atoms with Crippen molar-refractivity contribution in [1.29, 1.82) is 0 Å². The van der Waals surface area contributed by atoms with Gasteiger partial charge in [-0.2, -0.15) is 0 Å². The summed E-state index contributed by atoms with van der Waals surface area (Å²) in [6.45, 7) is 7.88. The molecule has 0 aliphatic carbocycles. The van der Waals surface area contributed by atoms with Crippen LogP contribution in [0, 0.1) is 31.6 Å². The van der Waals surface area contributed by atoms with Crippen molar-refractivity contribution in [2.45, 2.75) is 34.1 Å². The van der Waals surface area contributed by atoms with Gasteiger partial charge in [-0.25, -0.2) is 0 Å². The van der Waals surface area contributed by atoms with E-state index in [9.17, 15) is 4.79 Å². The summed E-state index contributed by atoms with van der Waals surface area (Å²) >= 11 is -0.890. The fourth-order valence-electron chi connectivity index (χ4n) is 2.43. The first-order valence-electron chi connectivity index (χ1n) is 8.21. The van der Waals surface area contributed by atoms with Crippen LogP contribution in [0.5, 0.6) is 0 Å². The van der Waals surface area contributed by atoms with Gasteiger partial charge in [-0.15, -0.1) is 0 Å². The van der Waals surface area contributed by atoms with Crippen molar-refractivity contribution in [3.8, 4) is 12.3 Å². The first-order chi connectivity index (χ1) is 11.8. The zero-order valence-electron chi connectivity index (χ0n) is 15.2. The number of aliphatic imine (C=N–C) groups is 1. The van der Waals surface area contributed by atoms with E-state index in [2.05, 4.69) is 18.1 Å². The molecule has 0 amide bonds. The molecule has 2 nitrogen and oxygen atoms in total. The Labute approximate surface area is 160 Å². The predicted octanol–water partition coefficient (Wildman–Crippen LogP) is 3.98. The molecule has 0 aromatic heterocycles. The molecule has 0 fully saturated rings. The number of rotatable bonds is 6. The normalized spacial score (nSPS) is 11.9. The van der Waals surface area contributed by atoms with Gasteiger partial charge in [0.15, 0.2) is 0 Å². The number of carbonyl (C=O) groups is 1. The molecule has 0 aliphatic heterocycles. The number of nitrogens with zero attached hydrogens (tertiary/aromatic N) is 1. The van der Waals surface area contributed by atoms with Crippen LogP contribution in [-0.4, -0.2) is 30.5 Å². The molecule has 0 heterocycles. The van der Waals surface area contributed by atoms with Crippen LogP contribution in [0.4, 0.5) is 5.69 Å². The number of aryl methyl sites for hydroxylation is 2. The second kappa shape index (κ2) is 8.48. The number of Topliss-reactive ketones (excluding diaryl/α,β-unsaturated/α-hetero) is 1. The van der Waals surface area contributed by atoms with Crippen LogP contribution in [0.3, 0.4) is 0 Å². The molecule has 2 rings (SSSR count). The molecule has 0 saturated heterocycles. The molecule has 25 heavy (non-hydrogen) atoms. The molecule has 0 saturated carbocycles. The van der Waals surface area contributed by atoms with Crippen molar-refractivity contribution in [1.82, 2.24) is 0 Å². The van der Waals surface area contributed by atoms with Crippen LogP contribution in [0.15, 0.2) is 53.5 Å². The third-order valence-electron chi connectivity index (χ3n) is 3.96. The molecule has 0 atom stereocenters. The van der Waals surface area contributed by atoms with Crippen molar-refractivity contribution in [3.63, 3.8) is 0 Å². The van der Waals surface area contributed by atoms with Gasteiger partial charge in [-0.3, -0.25) is 0 Å². The Morgan fingerprint density at radius 3 is 2.24 bits per heavy atom. The van der Waals surface area contributed by atoms with Crippen LogP contribution in [-0.2, 0) is 4.79 Å². The van der Waals surface area contributed by atoms with Crippen molar-refractivity contribution in [2.24, 2.45) is 10.4 Å².